The maximum absolute atomic E-state index is 5.57. The number of ether oxygens (including phenoxy) is 2. The summed E-state index contributed by atoms with van der Waals surface area (Å²) in [6.07, 6.45) is 0.879. The van der Waals surface area contributed by atoms with Crippen LogP contribution >= 0.6 is 35.7 Å². The molecule has 0 aromatic heterocycles. The highest BCUT2D eigenvalue weighted by Crippen LogP contribution is 2.27. The molecule has 2 rings (SSSR count). The maximum atomic E-state index is 5.57. The molecule has 0 amide bonds. The van der Waals surface area contributed by atoms with Gasteiger partial charge in [0.1, 0.15) is 3.53 Å². The summed E-state index contributed by atoms with van der Waals surface area (Å²) in [6, 6.07) is 10.4. The number of thioether (sulfide) groups is 2. The van der Waals surface area contributed by atoms with Crippen LogP contribution in [0.25, 0.3) is 0 Å². The fourth-order valence-corrected chi connectivity index (χ4v) is 4.08. The number of benzene rings is 1. The summed E-state index contributed by atoms with van der Waals surface area (Å²) in [6.45, 7) is 3.41. The highest BCUT2D eigenvalue weighted by Gasteiger charge is 2.30. The Hall–Kier alpha value is -0.0700. The lowest BCUT2D eigenvalue weighted by molar-refractivity contribution is -0.142. The Labute approximate surface area is 128 Å². The van der Waals surface area contributed by atoms with Gasteiger partial charge in [0, 0.05) is 17.9 Å². The van der Waals surface area contributed by atoms with Gasteiger partial charge in [0.2, 0.25) is 0 Å². The van der Waals surface area contributed by atoms with Crippen molar-refractivity contribution in [1.29, 1.82) is 0 Å². The summed E-state index contributed by atoms with van der Waals surface area (Å²) >= 11 is 8.81. The Morgan fingerprint density at radius 2 is 1.89 bits per heavy atom. The Kier molecular flexibility index (Phi) is 6.16. The van der Waals surface area contributed by atoms with E-state index in [4.69, 9.17) is 21.7 Å². The van der Waals surface area contributed by atoms with Crippen LogP contribution in [-0.2, 0) is 15.2 Å². The SMILES string of the molecule is CC1(CCSC(=S)SCc2ccccc2)OCCO1. The molecule has 1 aliphatic rings. The Bertz CT molecular complexity index is 402. The molecule has 0 N–H and O–H groups in total. The number of hydrogen-bond acceptors (Lipinski definition) is 5. The molecule has 0 aliphatic carbocycles. The minimum absolute atomic E-state index is 0.396. The molecular weight excluding hydrogens is 296 g/mol. The van der Waals surface area contributed by atoms with Crippen LogP contribution < -0.4 is 0 Å². The van der Waals surface area contributed by atoms with Crippen molar-refractivity contribution in [2.75, 3.05) is 19.0 Å². The molecule has 1 aromatic rings. The molecule has 2 nitrogen and oxygen atoms in total. The Morgan fingerprint density at radius 3 is 2.58 bits per heavy atom. The van der Waals surface area contributed by atoms with Crippen LogP contribution in [0.15, 0.2) is 30.3 Å². The Morgan fingerprint density at radius 1 is 1.21 bits per heavy atom. The van der Waals surface area contributed by atoms with Gasteiger partial charge in [-0.15, -0.1) is 23.5 Å². The second-order valence-electron chi connectivity index (χ2n) is 4.45. The fraction of sp³-hybridized carbons (Fsp3) is 0.500. The van der Waals surface area contributed by atoms with E-state index in [0.29, 0.717) is 13.2 Å². The minimum atomic E-state index is -0.396. The summed E-state index contributed by atoms with van der Waals surface area (Å²) in [5.41, 5.74) is 1.31. The van der Waals surface area contributed by atoms with Gasteiger partial charge in [0.25, 0.3) is 0 Å². The fourth-order valence-electron chi connectivity index (χ4n) is 1.78. The average molecular weight is 314 g/mol. The molecule has 0 bridgehead atoms. The quantitative estimate of drug-likeness (QED) is 0.760. The van der Waals surface area contributed by atoms with Crippen LogP contribution in [0.2, 0.25) is 0 Å². The van der Waals surface area contributed by atoms with Gasteiger partial charge in [0.05, 0.1) is 13.2 Å². The zero-order valence-corrected chi connectivity index (χ0v) is 13.4. The van der Waals surface area contributed by atoms with Crippen molar-refractivity contribution in [2.45, 2.75) is 24.9 Å². The number of thiocarbonyl (C=S) groups is 1. The topological polar surface area (TPSA) is 18.5 Å². The van der Waals surface area contributed by atoms with Gasteiger partial charge in [-0.3, -0.25) is 0 Å². The highest BCUT2D eigenvalue weighted by atomic mass is 32.2. The standard InChI is InChI=1S/C14H18O2S3/c1-14(15-8-9-16-14)7-10-18-13(17)19-11-12-5-3-2-4-6-12/h2-6H,7-11H2,1H3. The van der Waals surface area contributed by atoms with E-state index in [0.717, 1.165) is 21.5 Å². The Balaban J connectivity index is 1.62. The van der Waals surface area contributed by atoms with Gasteiger partial charge >= 0.3 is 0 Å². The van der Waals surface area contributed by atoms with Crippen molar-refractivity contribution in [2.24, 2.45) is 0 Å². The van der Waals surface area contributed by atoms with E-state index in [1.54, 1.807) is 23.5 Å². The molecule has 19 heavy (non-hydrogen) atoms. The third-order valence-corrected chi connectivity index (χ3v) is 5.65. The zero-order chi connectivity index (χ0) is 13.6. The van der Waals surface area contributed by atoms with Gasteiger partial charge in [-0.05, 0) is 12.5 Å². The first-order valence-electron chi connectivity index (χ1n) is 6.29. The highest BCUT2D eigenvalue weighted by molar-refractivity contribution is 8.46. The van der Waals surface area contributed by atoms with Gasteiger partial charge in [0.15, 0.2) is 5.79 Å². The van der Waals surface area contributed by atoms with Crippen molar-refractivity contribution >= 4 is 39.3 Å². The van der Waals surface area contributed by atoms with Gasteiger partial charge in [-0.25, -0.2) is 0 Å². The monoisotopic (exact) mass is 314 g/mol. The van der Waals surface area contributed by atoms with Gasteiger partial charge in [-0.1, -0.05) is 42.5 Å². The smallest absolute Gasteiger partial charge is 0.166 e. The molecular formula is C14H18O2S3. The molecule has 0 unspecified atom stereocenters. The predicted molar refractivity (Wildman–Crippen MR) is 87.7 cm³/mol. The van der Waals surface area contributed by atoms with Crippen LogP contribution in [0, 0.1) is 0 Å². The average Bonchev–Trinajstić information content (AvgIpc) is 2.85. The van der Waals surface area contributed by atoms with Crippen molar-refractivity contribution in [3.63, 3.8) is 0 Å². The number of hydrogen-bond donors (Lipinski definition) is 0. The van der Waals surface area contributed by atoms with E-state index in [1.807, 2.05) is 13.0 Å². The van der Waals surface area contributed by atoms with Crippen molar-refractivity contribution in [3.05, 3.63) is 35.9 Å². The predicted octanol–water partition coefficient (Wildman–Crippen LogP) is 4.09. The summed E-state index contributed by atoms with van der Waals surface area (Å²) in [7, 11) is 0. The normalized spacial score (nSPS) is 17.5. The molecule has 1 fully saturated rings. The summed E-state index contributed by atoms with van der Waals surface area (Å²) in [5, 5.41) is 0. The van der Waals surface area contributed by atoms with Gasteiger partial charge in [-0.2, -0.15) is 0 Å². The van der Waals surface area contributed by atoms with E-state index in [2.05, 4.69) is 24.3 Å². The molecule has 0 radical (unpaired) electrons. The molecule has 1 aliphatic heterocycles. The third kappa shape index (κ3) is 5.44. The molecule has 1 saturated heterocycles. The molecule has 0 atom stereocenters. The van der Waals surface area contributed by atoms with Crippen LogP contribution in [-0.4, -0.2) is 28.3 Å². The van der Waals surface area contributed by atoms with E-state index in [1.165, 1.54) is 5.56 Å². The van der Waals surface area contributed by atoms with Crippen LogP contribution in [0.3, 0.4) is 0 Å². The van der Waals surface area contributed by atoms with E-state index < -0.39 is 5.79 Å². The van der Waals surface area contributed by atoms with Crippen molar-refractivity contribution < 1.29 is 9.47 Å². The zero-order valence-electron chi connectivity index (χ0n) is 11.0. The summed E-state index contributed by atoms with van der Waals surface area (Å²) in [5.74, 6) is 1.49. The minimum Gasteiger partial charge on any atom is -0.348 e. The lowest BCUT2D eigenvalue weighted by Gasteiger charge is -2.21. The summed E-state index contributed by atoms with van der Waals surface area (Å²) < 4.78 is 12.1. The van der Waals surface area contributed by atoms with Crippen molar-refractivity contribution in [1.82, 2.24) is 0 Å². The lowest BCUT2D eigenvalue weighted by atomic mass is 10.2. The first kappa shape index (κ1) is 15.3. The van der Waals surface area contributed by atoms with E-state index >= 15 is 0 Å². The van der Waals surface area contributed by atoms with Crippen LogP contribution in [0.4, 0.5) is 0 Å². The van der Waals surface area contributed by atoms with E-state index in [9.17, 15) is 0 Å². The van der Waals surface area contributed by atoms with Gasteiger partial charge < -0.3 is 9.47 Å². The lowest BCUT2D eigenvalue weighted by Crippen LogP contribution is -2.26. The molecule has 104 valence electrons. The third-order valence-electron chi connectivity index (χ3n) is 2.87. The molecule has 0 saturated carbocycles. The molecule has 1 heterocycles. The summed E-state index contributed by atoms with van der Waals surface area (Å²) in [4.78, 5) is 0. The van der Waals surface area contributed by atoms with Crippen LogP contribution in [0.1, 0.15) is 18.9 Å². The number of rotatable bonds is 5. The largest absolute Gasteiger partial charge is 0.348 e. The van der Waals surface area contributed by atoms with Crippen molar-refractivity contribution in [3.8, 4) is 0 Å². The first-order chi connectivity index (χ1) is 9.18. The molecule has 0 spiro atoms. The molecule has 1 aromatic carbocycles. The second-order valence-corrected chi connectivity index (χ2v) is 7.73. The first-order valence-corrected chi connectivity index (χ1v) is 8.67. The second kappa shape index (κ2) is 7.64. The maximum Gasteiger partial charge on any atom is 0.166 e. The molecule has 5 heteroatoms. The van der Waals surface area contributed by atoms with Crippen LogP contribution in [0.5, 0.6) is 0 Å². The van der Waals surface area contributed by atoms with E-state index in [-0.39, 0.29) is 0 Å².